The second kappa shape index (κ2) is 7.86. The molecule has 0 saturated heterocycles. The molecule has 0 fully saturated rings. The van der Waals surface area contributed by atoms with E-state index >= 15 is 0 Å². The lowest BCUT2D eigenvalue weighted by Crippen LogP contribution is -2.22. The summed E-state index contributed by atoms with van der Waals surface area (Å²) < 4.78 is 16.3. The van der Waals surface area contributed by atoms with Gasteiger partial charge in [-0.15, -0.1) is 0 Å². The van der Waals surface area contributed by atoms with E-state index in [2.05, 4.69) is 0 Å². The van der Waals surface area contributed by atoms with E-state index < -0.39 is 17.3 Å². The van der Waals surface area contributed by atoms with Gasteiger partial charge in [0, 0.05) is 22.6 Å². The van der Waals surface area contributed by atoms with E-state index in [1.807, 2.05) is 0 Å². The number of carbonyl (C=O) groups is 1. The van der Waals surface area contributed by atoms with Crippen LogP contribution in [0, 0.1) is 0 Å². The summed E-state index contributed by atoms with van der Waals surface area (Å²) in [4.78, 5) is 25.7. The maximum absolute atomic E-state index is 13.3. The molecule has 7 nitrogen and oxygen atoms in total. The second-order valence-electron chi connectivity index (χ2n) is 7.66. The Bertz CT molecular complexity index is 1470. The molecule has 0 unspecified atom stereocenters. The average molecular weight is 465 g/mol. The fraction of sp³-hybridized carbons (Fsp3) is 0.120. The predicted octanol–water partition coefficient (Wildman–Crippen LogP) is 4.97. The molecule has 4 aromatic rings. The van der Waals surface area contributed by atoms with Gasteiger partial charge in [-0.25, -0.2) is 0 Å². The van der Waals surface area contributed by atoms with E-state index in [1.54, 1.807) is 36.4 Å². The molecule has 0 bridgehead atoms. The number of aromatic hydroxyl groups is 2. The maximum atomic E-state index is 13.3. The molecule has 3 aromatic carbocycles. The molecule has 8 heteroatoms. The van der Waals surface area contributed by atoms with E-state index in [0.717, 1.165) is 0 Å². The van der Waals surface area contributed by atoms with Gasteiger partial charge in [0.1, 0.15) is 28.7 Å². The van der Waals surface area contributed by atoms with E-state index in [4.69, 9.17) is 25.5 Å². The number of methoxy groups -OCH3 is 1. The van der Waals surface area contributed by atoms with Gasteiger partial charge in [0.25, 0.3) is 0 Å². The first-order chi connectivity index (χ1) is 15.9. The zero-order valence-electron chi connectivity index (χ0n) is 17.3. The third-order valence-corrected chi connectivity index (χ3v) is 5.98. The maximum Gasteiger partial charge on any atom is 0.312 e. The van der Waals surface area contributed by atoms with Crippen LogP contribution in [0.15, 0.2) is 64.0 Å². The Balaban J connectivity index is 1.75. The number of carbonyl (C=O) groups excluding carboxylic acids is 1. The number of rotatable bonds is 3. The van der Waals surface area contributed by atoms with Gasteiger partial charge in [-0.2, -0.15) is 0 Å². The van der Waals surface area contributed by atoms with Crippen LogP contribution in [0.3, 0.4) is 0 Å². The molecular weight excluding hydrogens is 448 g/mol. The van der Waals surface area contributed by atoms with Crippen LogP contribution in [0.1, 0.15) is 23.5 Å². The van der Waals surface area contributed by atoms with Crippen molar-refractivity contribution in [1.29, 1.82) is 0 Å². The van der Waals surface area contributed by atoms with Crippen molar-refractivity contribution in [3.05, 3.63) is 81.2 Å². The topological polar surface area (TPSA) is 106 Å². The van der Waals surface area contributed by atoms with Gasteiger partial charge in [-0.3, -0.25) is 9.59 Å². The highest BCUT2D eigenvalue weighted by molar-refractivity contribution is 6.30. The van der Waals surface area contributed by atoms with Crippen LogP contribution in [0.5, 0.6) is 23.0 Å². The van der Waals surface area contributed by atoms with E-state index in [-0.39, 0.29) is 46.0 Å². The summed E-state index contributed by atoms with van der Waals surface area (Å²) in [6.45, 7) is 0. The monoisotopic (exact) mass is 464 g/mol. The zero-order valence-corrected chi connectivity index (χ0v) is 18.1. The van der Waals surface area contributed by atoms with Gasteiger partial charge >= 0.3 is 5.97 Å². The SMILES string of the molecule is COc1ccc([C@H]2CC(=O)Oc3cc(O)c4c(=O)c(-c5ccc(Cl)cc5)coc4c32)cc1O. The van der Waals surface area contributed by atoms with Crippen molar-refractivity contribution < 1.29 is 28.9 Å². The minimum Gasteiger partial charge on any atom is -0.507 e. The van der Waals surface area contributed by atoms with Gasteiger partial charge in [-0.05, 0) is 35.4 Å². The Morgan fingerprint density at radius 2 is 1.79 bits per heavy atom. The van der Waals surface area contributed by atoms with Crippen LogP contribution in [-0.2, 0) is 4.79 Å². The number of phenolic OH excluding ortho intramolecular Hbond substituents is 2. The summed E-state index contributed by atoms with van der Waals surface area (Å²) >= 11 is 5.95. The van der Waals surface area contributed by atoms with E-state index in [0.29, 0.717) is 21.7 Å². The summed E-state index contributed by atoms with van der Waals surface area (Å²) in [5.41, 5.74) is 1.54. The lowest BCUT2D eigenvalue weighted by molar-refractivity contribution is -0.135. The fourth-order valence-corrected chi connectivity index (χ4v) is 4.30. The number of benzene rings is 3. The Labute approximate surface area is 192 Å². The third-order valence-electron chi connectivity index (χ3n) is 5.73. The molecule has 0 saturated carbocycles. The van der Waals surface area contributed by atoms with Crippen molar-refractivity contribution in [3.63, 3.8) is 0 Å². The molecule has 0 aliphatic carbocycles. The first-order valence-electron chi connectivity index (χ1n) is 10.0. The van der Waals surface area contributed by atoms with Gasteiger partial charge in [0.2, 0.25) is 5.43 Å². The van der Waals surface area contributed by atoms with Crippen molar-refractivity contribution in [1.82, 2.24) is 0 Å². The molecular formula is C25H17ClO7. The highest BCUT2D eigenvalue weighted by atomic mass is 35.5. The van der Waals surface area contributed by atoms with Crippen molar-refractivity contribution >= 4 is 28.5 Å². The molecule has 1 atom stereocenters. The summed E-state index contributed by atoms with van der Waals surface area (Å²) in [6, 6.07) is 12.7. The van der Waals surface area contributed by atoms with Crippen LogP contribution in [0.25, 0.3) is 22.1 Å². The molecule has 2 N–H and O–H groups in total. The molecule has 0 radical (unpaired) electrons. The van der Waals surface area contributed by atoms with Crippen LogP contribution in [-0.4, -0.2) is 23.3 Å². The Morgan fingerprint density at radius 1 is 1.03 bits per heavy atom. The highest BCUT2D eigenvalue weighted by Crippen LogP contribution is 2.46. The van der Waals surface area contributed by atoms with Crippen LogP contribution < -0.4 is 14.9 Å². The quantitative estimate of drug-likeness (QED) is 0.325. The van der Waals surface area contributed by atoms with Crippen LogP contribution >= 0.6 is 11.6 Å². The smallest absolute Gasteiger partial charge is 0.312 e. The molecule has 2 heterocycles. The van der Waals surface area contributed by atoms with Gasteiger partial charge < -0.3 is 24.1 Å². The standard InChI is InChI=1S/C25H17ClO7/c1-31-19-7-4-13(8-17(19)27)15-9-21(29)33-20-10-18(28)23-24(30)16(11-32-25(23)22(15)20)12-2-5-14(26)6-3-12/h2-8,10-11,15,27-28H,9H2,1H3/t15-/m1/s1. The summed E-state index contributed by atoms with van der Waals surface area (Å²) in [5, 5.41) is 21.4. The Hall–Kier alpha value is -3.97. The first kappa shape index (κ1) is 20.9. The number of halogens is 1. The predicted molar refractivity (Wildman–Crippen MR) is 121 cm³/mol. The minimum absolute atomic E-state index is 0.0260. The number of hydrogen-bond donors (Lipinski definition) is 2. The normalized spacial score (nSPS) is 15.2. The average Bonchev–Trinajstić information content (AvgIpc) is 2.79. The Morgan fingerprint density at radius 3 is 2.48 bits per heavy atom. The summed E-state index contributed by atoms with van der Waals surface area (Å²) in [7, 11) is 1.44. The number of hydrogen-bond acceptors (Lipinski definition) is 7. The number of ether oxygens (including phenoxy) is 2. The Kier molecular flexibility index (Phi) is 4.98. The molecule has 0 spiro atoms. The second-order valence-corrected chi connectivity index (χ2v) is 8.10. The first-order valence-corrected chi connectivity index (χ1v) is 10.4. The molecule has 5 rings (SSSR count). The van der Waals surface area contributed by atoms with Crippen molar-refractivity contribution in [3.8, 4) is 34.1 Å². The van der Waals surface area contributed by atoms with E-state index in [1.165, 1.54) is 25.5 Å². The largest absolute Gasteiger partial charge is 0.507 e. The number of phenols is 2. The highest BCUT2D eigenvalue weighted by Gasteiger charge is 2.34. The van der Waals surface area contributed by atoms with Crippen molar-refractivity contribution in [2.24, 2.45) is 0 Å². The molecule has 1 aliphatic rings. The van der Waals surface area contributed by atoms with Crippen molar-refractivity contribution in [2.75, 3.05) is 7.11 Å². The van der Waals surface area contributed by atoms with Crippen LogP contribution in [0.2, 0.25) is 5.02 Å². The number of esters is 1. The molecule has 0 amide bonds. The van der Waals surface area contributed by atoms with E-state index in [9.17, 15) is 19.8 Å². The molecule has 1 aromatic heterocycles. The summed E-state index contributed by atoms with van der Waals surface area (Å²) in [5.74, 6) is -1.16. The third kappa shape index (κ3) is 3.47. The van der Waals surface area contributed by atoms with Crippen molar-refractivity contribution in [2.45, 2.75) is 12.3 Å². The van der Waals surface area contributed by atoms with Gasteiger partial charge in [-0.1, -0.05) is 29.8 Å². The molecule has 33 heavy (non-hydrogen) atoms. The lowest BCUT2D eigenvalue weighted by atomic mass is 9.84. The molecule has 166 valence electrons. The van der Waals surface area contributed by atoms with Gasteiger partial charge in [0.15, 0.2) is 11.5 Å². The fourth-order valence-electron chi connectivity index (χ4n) is 4.17. The minimum atomic E-state index is -0.578. The van der Waals surface area contributed by atoms with Crippen LogP contribution in [0.4, 0.5) is 0 Å². The summed E-state index contributed by atoms with van der Waals surface area (Å²) in [6.07, 6.45) is 1.27. The number of fused-ring (bicyclic) bond motifs is 3. The van der Waals surface area contributed by atoms with Gasteiger partial charge in [0.05, 0.1) is 19.1 Å². The lowest BCUT2D eigenvalue weighted by Gasteiger charge is -2.26. The zero-order chi connectivity index (χ0) is 23.3. The molecule has 1 aliphatic heterocycles.